The zero-order valence-electron chi connectivity index (χ0n) is 18.5. The first kappa shape index (κ1) is 22.7. The van der Waals surface area contributed by atoms with E-state index in [9.17, 15) is 8.42 Å². The van der Waals surface area contributed by atoms with Gasteiger partial charge in [-0.3, -0.25) is 9.29 Å². The molecule has 3 heterocycles. The molecule has 3 aromatic heterocycles. The average Bonchev–Trinajstić information content (AvgIpc) is 3.35. The summed E-state index contributed by atoms with van der Waals surface area (Å²) in [5.41, 5.74) is 0. The predicted molar refractivity (Wildman–Crippen MR) is 122 cm³/mol. The van der Waals surface area contributed by atoms with Crippen LogP contribution in [-0.4, -0.2) is 38.4 Å². The molecule has 3 aromatic rings. The van der Waals surface area contributed by atoms with Gasteiger partial charge in [0, 0.05) is 24.4 Å². The summed E-state index contributed by atoms with van der Waals surface area (Å²) in [6.07, 6.45) is 5.46. The van der Waals surface area contributed by atoms with Gasteiger partial charge < -0.3 is 4.42 Å². The van der Waals surface area contributed by atoms with Crippen LogP contribution in [0.3, 0.4) is 0 Å². The van der Waals surface area contributed by atoms with Crippen LogP contribution in [0.2, 0.25) is 5.02 Å². The van der Waals surface area contributed by atoms with Crippen molar-refractivity contribution in [2.45, 2.75) is 64.2 Å². The zero-order chi connectivity index (χ0) is 23.0. The van der Waals surface area contributed by atoms with Gasteiger partial charge in [-0.1, -0.05) is 25.4 Å². The second-order valence-electron chi connectivity index (χ2n) is 8.71. The van der Waals surface area contributed by atoms with Gasteiger partial charge in [0.2, 0.25) is 21.8 Å². The first-order chi connectivity index (χ1) is 15.2. The fourth-order valence-corrected chi connectivity index (χ4v) is 5.07. The monoisotopic (exact) mass is 478 g/mol. The summed E-state index contributed by atoms with van der Waals surface area (Å²) in [5.74, 6) is 2.33. The van der Waals surface area contributed by atoms with Crippen molar-refractivity contribution in [3.8, 4) is 11.6 Å². The van der Waals surface area contributed by atoms with E-state index in [2.05, 4.69) is 24.9 Å². The van der Waals surface area contributed by atoms with Crippen LogP contribution in [0, 0.1) is 12.8 Å². The van der Waals surface area contributed by atoms with Crippen LogP contribution in [0.1, 0.15) is 63.6 Å². The normalized spacial score (nSPS) is 16.3. The number of aromatic nitrogens is 5. The zero-order valence-corrected chi connectivity index (χ0v) is 20.1. The van der Waals surface area contributed by atoms with Gasteiger partial charge in [0.05, 0.1) is 10.3 Å². The minimum atomic E-state index is -3.83. The lowest BCUT2D eigenvalue weighted by Gasteiger charge is -2.24. The van der Waals surface area contributed by atoms with Crippen LogP contribution in [0.4, 0.5) is 5.95 Å². The van der Waals surface area contributed by atoms with E-state index in [0.717, 1.165) is 18.6 Å². The van der Waals surface area contributed by atoms with Crippen LogP contribution in [0.15, 0.2) is 28.9 Å². The van der Waals surface area contributed by atoms with Crippen molar-refractivity contribution in [1.29, 1.82) is 0 Å². The fraction of sp³-hybridized carbons (Fsp3) is 0.524. The molecule has 11 heteroatoms. The molecule has 0 spiro atoms. The van der Waals surface area contributed by atoms with Crippen LogP contribution in [0.25, 0.3) is 11.6 Å². The molecule has 0 amide bonds. The molecule has 0 unspecified atom stereocenters. The topological polar surface area (TPSA) is 116 Å². The number of nitrogens with zero attached hydrogens (tertiary/aromatic N) is 5. The van der Waals surface area contributed by atoms with Crippen LogP contribution >= 0.6 is 11.6 Å². The number of sulfonamides is 1. The highest BCUT2D eigenvalue weighted by Crippen LogP contribution is 2.41. The predicted octanol–water partition coefficient (Wildman–Crippen LogP) is 4.58. The molecular weight excluding hydrogens is 452 g/mol. The quantitative estimate of drug-likeness (QED) is 0.478. The SMILES string of the molecule is Cc1ccc(-c2nnc(NS(=O)(=O)[C@@H](C)[C@@H](CC(C)C)c3ncc(Cl)cn3)n2C2CC2)o1. The minimum absolute atomic E-state index is 0.143. The first-order valence-corrected chi connectivity index (χ1v) is 12.6. The summed E-state index contributed by atoms with van der Waals surface area (Å²) in [6.45, 7) is 7.59. The van der Waals surface area contributed by atoms with Crippen molar-refractivity contribution in [1.82, 2.24) is 24.7 Å². The van der Waals surface area contributed by atoms with Gasteiger partial charge in [-0.2, -0.15) is 0 Å². The summed E-state index contributed by atoms with van der Waals surface area (Å²) >= 11 is 5.92. The molecular formula is C21H27ClN6O3S. The smallest absolute Gasteiger partial charge is 0.238 e. The standard InChI is InChI=1S/C21H27ClN6O3S/c1-12(2)9-17(19-23-10-15(22)11-24-19)14(4)32(29,30)27-21-26-25-20(28(21)16-6-7-16)18-8-5-13(3)31-18/h5,8,10-12,14,16-17H,6-7,9H2,1-4H3,(H,26,27)/t14-,17+/m0/s1. The lowest BCUT2D eigenvalue weighted by Crippen LogP contribution is -2.33. The van der Waals surface area contributed by atoms with E-state index in [-0.39, 0.29) is 17.9 Å². The lowest BCUT2D eigenvalue weighted by atomic mass is 9.93. The molecule has 0 aliphatic heterocycles. The fourth-order valence-electron chi connectivity index (χ4n) is 3.73. The second kappa shape index (κ2) is 8.82. The van der Waals surface area contributed by atoms with Gasteiger partial charge in [0.15, 0.2) is 5.76 Å². The van der Waals surface area contributed by atoms with E-state index >= 15 is 0 Å². The summed E-state index contributed by atoms with van der Waals surface area (Å²) in [7, 11) is -3.83. The molecule has 32 heavy (non-hydrogen) atoms. The van der Waals surface area contributed by atoms with Crippen molar-refractivity contribution < 1.29 is 12.8 Å². The third kappa shape index (κ3) is 4.80. The van der Waals surface area contributed by atoms with E-state index in [0.29, 0.717) is 28.9 Å². The Kier molecular flexibility index (Phi) is 6.26. The summed E-state index contributed by atoms with van der Waals surface area (Å²) in [4.78, 5) is 8.59. The van der Waals surface area contributed by atoms with Crippen molar-refractivity contribution in [3.63, 3.8) is 0 Å². The second-order valence-corrected chi connectivity index (χ2v) is 11.2. The van der Waals surface area contributed by atoms with E-state index in [4.69, 9.17) is 16.0 Å². The number of halogens is 1. The third-order valence-corrected chi connectivity index (χ3v) is 7.53. The Morgan fingerprint density at radius 3 is 2.44 bits per heavy atom. The molecule has 0 aromatic carbocycles. The molecule has 0 radical (unpaired) electrons. The number of aryl methyl sites for hydroxylation is 1. The van der Waals surface area contributed by atoms with Crippen molar-refractivity contribution >= 4 is 27.6 Å². The first-order valence-electron chi connectivity index (χ1n) is 10.7. The van der Waals surface area contributed by atoms with Crippen LogP contribution < -0.4 is 4.72 Å². The molecule has 1 fully saturated rings. The molecule has 1 aliphatic carbocycles. The molecule has 2 atom stereocenters. The number of hydrogen-bond donors (Lipinski definition) is 1. The number of anilines is 1. The maximum absolute atomic E-state index is 13.4. The van der Waals surface area contributed by atoms with Gasteiger partial charge >= 0.3 is 0 Å². The Morgan fingerprint density at radius 1 is 1.19 bits per heavy atom. The summed E-state index contributed by atoms with van der Waals surface area (Å²) < 4.78 is 37.0. The van der Waals surface area contributed by atoms with E-state index in [1.807, 2.05) is 37.5 Å². The maximum atomic E-state index is 13.4. The van der Waals surface area contributed by atoms with E-state index < -0.39 is 21.2 Å². The Morgan fingerprint density at radius 2 is 1.88 bits per heavy atom. The highest BCUT2D eigenvalue weighted by atomic mass is 35.5. The molecule has 1 saturated carbocycles. The molecule has 172 valence electrons. The minimum Gasteiger partial charge on any atom is -0.458 e. The third-order valence-electron chi connectivity index (χ3n) is 5.56. The molecule has 9 nitrogen and oxygen atoms in total. The Bertz CT molecular complexity index is 1180. The molecule has 1 N–H and O–H groups in total. The van der Waals surface area contributed by atoms with Gasteiger partial charge in [-0.25, -0.2) is 18.4 Å². The number of furan rings is 1. The summed E-state index contributed by atoms with van der Waals surface area (Å²) in [5, 5.41) is 7.97. The average molecular weight is 479 g/mol. The number of rotatable bonds is 9. The maximum Gasteiger partial charge on any atom is 0.238 e. The molecule has 0 saturated heterocycles. The van der Waals surface area contributed by atoms with Crippen molar-refractivity contribution in [2.24, 2.45) is 5.92 Å². The van der Waals surface area contributed by atoms with Crippen molar-refractivity contribution in [3.05, 3.63) is 41.1 Å². The Balaban J connectivity index is 1.64. The van der Waals surface area contributed by atoms with Gasteiger partial charge in [-0.05, 0) is 51.2 Å². The molecule has 1 aliphatic rings. The molecule has 0 bridgehead atoms. The highest BCUT2D eigenvalue weighted by Gasteiger charge is 2.36. The largest absolute Gasteiger partial charge is 0.458 e. The highest BCUT2D eigenvalue weighted by molar-refractivity contribution is 7.93. The molecule has 4 rings (SSSR count). The number of hydrogen-bond acceptors (Lipinski definition) is 7. The Hall–Kier alpha value is -2.46. The van der Waals surface area contributed by atoms with Crippen LogP contribution in [0.5, 0.6) is 0 Å². The lowest BCUT2D eigenvalue weighted by molar-refractivity contribution is 0.464. The van der Waals surface area contributed by atoms with E-state index in [1.54, 1.807) is 6.92 Å². The van der Waals surface area contributed by atoms with Crippen LogP contribution in [-0.2, 0) is 10.0 Å². The summed E-state index contributed by atoms with van der Waals surface area (Å²) in [6, 6.07) is 3.80. The van der Waals surface area contributed by atoms with E-state index in [1.165, 1.54) is 12.4 Å². The Labute approximate surface area is 192 Å². The van der Waals surface area contributed by atoms with Crippen molar-refractivity contribution in [2.75, 3.05) is 4.72 Å². The van der Waals surface area contributed by atoms with Gasteiger partial charge in [0.25, 0.3) is 0 Å². The van der Waals surface area contributed by atoms with Gasteiger partial charge in [0.1, 0.15) is 11.6 Å². The number of nitrogens with one attached hydrogen (secondary N) is 1. The van der Waals surface area contributed by atoms with Gasteiger partial charge in [-0.15, -0.1) is 10.2 Å².